The fourth-order valence-electron chi connectivity index (χ4n) is 2.38. The Balaban J connectivity index is 2.18. The first kappa shape index (κ1) is 19.7. The van der Waals surface area contributed by atoms with E-state index in [1.807, 2.05) is 6.92 Å². The third kappa shape index (κ3) is 4.29. The number of esters is 1. The van der Waals surface area contributed by atoms with E-state index in [9.17, 15) is 14.4 Å². The number of amides is 1. The highest BCUT2D eigenvalue weighted by atomic mass is 32.1. The zero-order valence-electron chi connectivity index (χ0n) is 15.3. The Morgan fingerprint density at radius 1 is 1.12 bits per heavy atom. The smallest absolute Gasteiger partial charge is 0.342 e. The van der Waals surface area contributed by atoms with Crippen LogP contribution in [0.2, 0.25) is 0 Å². The summed E-state index contributed by atoms with van der Waals surface area (Å²) in [5.74, 6) is -0.588. The van der Waals surface area contributed by atoms with E-state index < -0.39 is 12.1 Å². The van der Waals surface area contributed by atoms with Gasteiger partial charge in [-0.25, -0.2) is 4.79 Å². The van der Waals surface area contributed by atoms with Crippen LogP contribution in [0.25, 0.3) is 0 Å². The molecule has 26 heavy (non-hydrogen) atoms. The van der Waals surface area contributed by atoms with E-state index in [4.69, 9.17) is 9.47 Å². The van der Waals surface area contributed by atoms with Gasteiger partial charge in [0.15, 0.2) is 6.10 Å². The second kappa shape index (κ2) is 8.14. The first-order chi connectivity index (χ1) is 12.2. The Morgan fingerprint density at radius 2 is 1.73 bits per heavy atom. The number of thiophene rings is 1. The van der Waals surface area contributed by atoms with E-state index in [0.29, 0.717) is 16.3 Å². The molecule has 7 heteroatoms. The molecular weight excluding hydrogens is 354 g/mol. The summed E-state index contributed by atoms with van der Waals surface area (Å²) in [6.07, 6.45) is -0.958. The van der Waals surface area contributed by atoms with Crippen LogP contribution < -0.4 is 10.1 Å². The maximum Gasteiger partial charge on any atom is 0.342 e. The lowest BCUT2D eigenvalue weighted by atomic mass is 10.1. The molecule has 0 unspecified atom stereocenters. The molecule has 0 fully saturated rings. The third-order valence-corrected chi connectivity index (χ3v) is 5.03. The zero-order chi connectivity index (χ0) is 19.4. The molecule has 1 aromatic carbocycles. The van der Waals surface area contributed by atoms with Crippen LogP contribution in [-0.4, -0.2) is 30.9 Å². The van der Waals surface area contributed by atoms with Crippen LogP contribution in [0.1, 0.15) is 45.0 Å². The third-order valence-electron chi connectivity index (χ3n) is 3.91. The van der Waals surface area contributed by atoms with Gasteiger partial charge < -0.3 is 14.8 Å². The summed E-state index contributed by atoms with van der Waals surface area (Å²) in [5, 5.41) is 3.07. The molecule has 0 aliphatic rings. The Labute approximate surface area is 156 Å². The van der Waals surface area contributed by atoms with Crippen molar-refractivity contribution < 1.29 is 23.9 Å². The summed E-state index contributed by atoms with van der Waals surface area (Å²) in [5.41, 5.74) is 1.44. The van der Waals surface area contributed by atoms with Gasteiger partial charge >= 0.3 is 5.97 Å². The molecule has 0 spiro atoms. The minimum Gasteiger partial charge on any atom is -0.497 e. The average Bonchev–Trinajstić information content (AvgIpc) is 2.87. The van der Waals surface area contributed by atoms with Gasteiger partial charge in [-0.3, -0.25) is 9.59 Å². The quantitative estimate of drug-likeness (QED) is 0.614. The number of ketones is 1. The van der Waals surface area contributed by atoms with Crippen LogP contribution in [0.5, 0.6) is 5.75 Å². The van der Waals surface area contributed by atoms with Crippen LogP contribution >= 0.6 is 11.3 Å². The van der Waals surface area contributed by atoms with Gasteiger partial charge in [0, 0.05) is 17.4 Å². The van der Waals surface area contributed by atoms with E-state index in [1.54, 1.807) is 38.3 Å². The topological polar surface area (TPSA) is 81.7 Å². The highest BCUT2D eigenvalue weighted by molar-refractivity contribution is 7.16. The number of aryl methyl sites for hydroxylation is 1. The minimum absolute atomic E-state index is 0.275. The molecule has 2 aromatic rings. The number of hydrogen-bond acceptors (Lipinski definition) is 6. The average molecular weight is 375 g/mol. The highest BCUT2D eigenvalue weighted by Crippen LogP contribution is 2.33. The summed E-state index contributed by atoms with van der Waals surface area (Å²) >= 11 is 1.30. The molecule has 0 aliphatic carbocycles. The van der Waals surface area contributed by atoms with Gasteiger partial charge in [0.05, 0.1) is 12.7 Å². The van der Waals surface area contributed by atoms with Crippen LogP contribution in [0.3, 0.4) is 0 Å². The van der Waals surface area contributed by atoms with Gasteiger partial charge in [-0.15, -0.1) is 11.3 Å². The summed E-state index contributed by atoms with van der Waals surface area (Å²) in [4.78, 5) is 37.3. The van der Waals surface area contributed by atoms with Crippen molar-refractivity contribution in [3.63, 3.8) is 0 Å². The van der Waals surface area contributed by atoms with Crippen molar-refractivity contribution in [2.75, 3.05) is 12.4 Å². The lowest BCUT2D eigenvalue weighted by molar-refractivity contribution is -0.114. The molecule has 1 atom stereocenters. The molecule has 0 bridgehead atoms. The maximum atomic E-state index is 12.6. The van der Waals surface area contributed by atoms with Crippen LogP contribution in [0.4, 0.5) is 5.00 Å². The van der Waals surface area contributed by atoms with Gasteiger partial charge in [-0.05, 0) is 50.6 Å². The molecule has 1 amide bonds. The van der Waals surface area contributed by atoms with Crippen LogP contribution in [-0.2, 0) is 9.53 Å². The molecule has 0 aliphatic heterocycles. The van der Waals surface area contributed by atoms with E-state index in [1.165, 1.54) is 25.2 Å². The van der Waals surface area contributed by atoms with Crippen molar-refractivity contribution >= 4 is 34.0 Å². The summed E-state index contributed by atoms with van der Waals surface area (Å²) < 4.78 is 10.4. The molecule has 138 valence electrons. The predicted octanol–water partition coefficient (Wildman–Crippen LogP) is 3.76. The molecule has 0 saturated heterocycles. The molecule has 2 rings (SSSR count). The van der Waals surface area contributed by atoms with Crippen molar-refractivity contribution in [2.24, 2.45) is 0 Å². The second-order valence-electron chi connectivity index (χ2n) is 5.81. The van der Waals surface area contributed by atoms with Gasteiger partial charge in [0.25, 0.3) is 0 Å². The Hall–Kier alpha value is -2.67. The number of hydrogen-bond donors (Lipinski definition) is 1. The molecule has 1 N–H and O–H groups in total. The number of rotatable bonds is 6. The van der Waals surface area contributed by atoms with Gasteiger partial charge in [0.2, 0.25) is 11.7 Å². The standard InChI is InChI=1S/C19H21NO5S/c1-10-12(3)26-18(20-13(4)21)16(10)19(23)25-11(2)17(22)14-6-8-15(24-5)9-7-14/h6-9,11H,1-5H3,(H,20,21)/t11-/m0/s1. The van der Waals surface area contributed by atoms with E-state index >= 15 is 0 Å². The minimum atomic E-state index is -0.958. The SMILES string of the molecule is COc1ccc(C(=O)[C@H](C)OC(=O)c2c(NC(C)=O)sc(C)c2C)cc1. The fraction of sp³-hybridized carbons (Fsp3) is 0.316. The Bertz CT molecular complexity index is 838. The number of Topliss-reactive ketones (excluding diaryl/α,β-unsaturated/α-hetero) is 1. The fourth-order valence-corrected chi connectivity index (χ4v) is 3.48. The number of anilines is 1. The molecular formula is C19H21NO5S. The summed E-state index contributed by atoms with van der Waals surface area (Å²) in [6.45, 7) is 6.53. The summed E-state index contributed by atoms with van der Waals surface area (Å²) in [7, 11) is 1.54. The molecule has 1 aromatic heterocycles. The second-order valence-corrected chi connectivity index (χ2v) is 7.03. The highest BCUT2D eigenvalue weighted by Gasteiger charge is 2.26. The number of nitrogens with one attached hydrogen (secondary N) is 1. The Morgan fingerprint density at radius 3 is 2.27 bits per heavy atom. The van der Waals surface area contributed by atoms with Gasteiger partial charge in [-0.1, -0.05) is 0 Å². The van der Waals surface area contributed by atoms with Gasteiger partial charge in [0.1, 0.15) is 10.8 Å². The molecule has 1 heterocycles. The first-order valence-electron chi connectivity index (χ1n) is 8.01. The van der Waals surface area contributed by atoms with Crippen molar-refractivity contribution in [1.82, 2.24) is 0 Å². The van der Waals surface area contributed by atoms with E-state index in [0.717, 1.165) is 10.4 Å². The molecule has 6 nitrogen and oxygen atoms in total. The van der Waals surface area contributed by atoms with Crippen molar-refractivity contribution in [3.05, 3.63) is 45.8 Å². The maximum absolute atomic E-state index is 12.6. The number of carbonyl (C=O) groups excluding carboxylic acids is 3. The van der Waals surface area contributed by atoms with E-state index in [2.05, 4.69) is 5.32 Å². The normalized spacial score (nSPS) is 11.6. The van der Waals surface area contributed by atoms with Gasteiger partial charge in [-0.2, -0.15) is 0 Å². The van der Waals surface area contributed by atoms with Crippen LogP contribution in [0, 0.1) is 13.8 Å². The van der Waals surface area contributed by atoms with Crippen molar-refractivity contribution in [2.45, 2.75) is 33.8 Å². The first-order valence-corrected chi connectivity index (χ1v) is 8.83. The van der Waals surface area contributed by atoms with Crippen LogP contribution in [0.15, 0.2) is 24.3 Å². The monoisotopic (exact) mass is 375 g/mol. The lowest BCUT2D eigenvalue weighted by Gasteiger charge is -2.13. The molecule has 0 saturated carbocycles. The largest absolute Gasteiger partial charge is 0.497 e. The lowest BCUT2D eigenvalue weighted by Crippen LogP contribution is -2.25. The molecule has 0 radical (unpaired) electrons. The number of benzene rings is 1. The summed E-state index contributed by atoms with van der Waals surface area (Å²) in [6, 6.07) is 6.58. The Kier molecular flexibility index (Phi) is 6.15. The zero-order valence-corrected chi connectivity index (χ0v) is 16.2. The number of methoxy groups -OCH3 is 1. The van der Waals surface area contributed by atoms with Crippen molar-refractivity contribution in [1.29, 1.82) is 0 Å². The number of carbonyl (C=O) groups is 3. The van der Waals surface area contributed by atoms with Crippen molar-refractivity contribution in [3.8, 4) is 5.75 Å². The number of ether oxygens (including phenoxy) is 2. The van der Waals surface area contributed by atoms with E-state index in [-0.39, 0.29) is 17.3 Å². The predicted molar refractivity (Wildman–Crippen MR) is 100 cm³/mol.